The molecule has 0 aliphatic heterocycles. The molecular formula is C10H12N6O3. The lowest BCUT2D eigenvalue weighted by atomic mass is 10.5. The molecule has 0 saturated carbocycles. The number of amides is 1. The predicted octanol–water partition coefficient (Wildman–Crippen LogP) is -1.01. The molecule has 0 bridgehead atoms. The zero-order valence-electron chi connectivity index (χ0n) is 9.93. The van der Waals surface area contributed by atoms with Crippen LogP contribution in [0.3, 0.4) is 0 Å². The van der Waals surface area contributed by atoms with E-state index in [1.165, 1.54) is 10.9 Å². The molecule has 2 heterocycles. The summed E-state index contributed by atoms with van der Waals surface area (Å²) in [6.07, 6.45) is 4.66. The van der Waals surface area contributed by atoms with Crippen LogP contribution in [0.2, 0.25) is 0 Å². The minimum atomic E-state index is -1.18. The maximum Gasteiger partial charge on any atom is 0.358 e. The van der Waals surface area contributed by atoms with Crippen molar-refractivity contribution in [3.63, 3.8) is 0 Å². The van der Waals surface area contributed by atoms with Gasteiger partial charge in [-0.15, -0.1) is 5.10 Å². The normalized spacial score (nSPS) is 10.3. The number of hydrogen-bond donors (Lipinski definition) is 2. The number of carbonyl (C=O) groups excluding carboxylic acids is 1. The van der Waals surface area contributed by atoms with Gasteiger partial charge >= 0.3 is 5.97 Å². The molecule has 1 amide bonds. The second kappa shape index (κ2) is 5.76. The number of carboxylic acids is 1. The van der Waals surface area contributed by atoms with Crippen molar-refractivity contribution >= 4 is 11.9 Å². The van der Waals surface area contributed by atoms with Gasteiger partial charge < -0.3 is 10.4 Å². The molecule has 0 aliphatic carbocycles. The van der Waals surface area contributed by atoms with Gasteiger partial charge in [0.2, 0.25) is 5.91 Å². The molecule has 9 nitrogen and oxygen atoms in total. The lowest BCUT2D eigenvalue weighted by Gasteiger charge is -2.04. The third-order valence-electron chi connectivity index (χ3n) is 2.29. The standard InChI is InChI=1S/C10H12N6O3/c17-9(11-3-5-15-4-1-2-12-15)7-16-6-8(10(18)19)13-14-16/h1-2,4,6H,3,5,7H2,(H,11,17)(H,18,19). The van der Waals surface area contributed by atoms with Crippen LogP contribution in [0, 0.1) is 0 Å². The van der Waals surface area contributed by atoms with Crippen LogP contribution in [0.5, 0.6) is 0 Å². The lowest BCUT2D eigenvalue weighted by Crippen LogP contribution is -2.30. The summed E-state index contributed by atoms with van der Waals surface area (Å²) in [4.78, 5) is 22.1. The first kappa shape index (κ1) is 12.7. The Kier molecular flexibility index (Phi) is 3.86. The number of aromatic nitrogens is 5. The van der Waals surface area contributed by atoms with Gasteiger partial charge in [0.05, 0.1) is 12.7 Å². The van der Waals surface area contributed by atoms with Crippen LogP contribution in [0.15, 0.2) is 24.7 Å². The van der Waals surface area contributed by atoms with E-state index in [1.807, 2.05) is 0 Å². The van der Waals surface area contributed by atoms with Gasteiger partial charge in [-0.2, -0.15) is 5.10 Å². The number of rotatable bonds is 6. The molecule has 2 aromatic heterocycles. The van der Waals surface area contributed by atoms with Crippen molar-refractivity contribution < 1.29 is 14.7 Å². The monoisotopic (exact) mass is 264 g/mol. The van der Waals surface area contributed by atoms with Gasteiger partial charge in [0.1, 0.15) is 6.54 Å². The first-order chi connectivity index (χ1) is 9.15. The van der Waals surface area contributed by atoms with E-state index < -0.39 is 5.97 Å². The van der Waals surface area contributed by atoms with Crippen molar-refractivity contribution in [3.8, 4) is 0 Å². The average Bonchev–Trinajstić information content (AvgIpc) is 3.00. The Hall–Kier alpha value is -2.71. The Morgan fingerprint density at radius 3 is 2.84 bits per heavy atom. The molecule has 9 heteroatoms. The zero-order valence-corrected chi connectivity index (χ0v) is 9.93. The lowest BCUT2D eigenvalue weighted by molar-refractivity contribution is -0.121. The van der Waals surface area contributed by atoms with Crippen LogP contribution in [0.25, 0.3) is 0 Å². The molecule has 19 heavy (non-hydrogen) atoms. The molecule has 0 fully saturated rings. The van der Waals surface area contributed by atoms with E-state index in [2.05, 4.69) is 20.7 Å². The van der Waals surface area contributed by atoms with Crippen molar-refractivity contribution in [3.05, 3.63) is 30.4 Å². The molecule has 0 aliphatic rings. The zero-order chi connectivity index (χ0) is 13.7. The number of nitrogens with zero attached hydrogens (tertiary/aromatic N) is 5. The molecule has 0 atom stereocenters. The predicted molar refractivity (Wildman–Crippen MR) is 62.2 cm³/mol. The molecule has 2 N–H and O–H groups in total. The summed E-state index contributed by atoms with van der Waals surface area (Å²) >= 11 is 0. The second-order valence-electron chi connectivity index (χ2n) is 3.73. The summed E-state index contributed by atoms with van der Waals surface area (Å²) in [6, 6.07) is 1.80. The third kappa shape index (κ3) is 3.63. The Bertz CT molecular complexity index is 562. The topological polar surface area (TPSA) is 115 Å². The second-order valence-corrected chi connectivity index (χ2v) is 3.73. The summed E-state index contributed by atoms with van der Waals surface area (Å²) in [7, 11) is 0. The SMILES string of the molecule is O=C(Cn1cc(C(=O)O)nn1)NCCn1cccn1. The van der Waals surface area contributed by atoms with Gasteiger partial charge in [0, 0.05) is 18.9 Å². The Labute approximate surface area is 107 Å². The molecule has 0 aromatic carbocycles. The average molecular weight is 264 g/mol. The fourth-order valence-electron chi connectivity index (χ4n) is 1.42. The number of carbonyl (C=O) groups is 2. The highest BCUT2D eigenvalue weighted by molar-refractivity contribution is 5.84. The fourth-order valence-corrected chi connectivity index (χ4v) is 1.42. The van der Waals surface area contributed by atoms with E-state index in [0.29, 0.717) is 13.1 Å². The highest BCUT2D eigenvalue weighted by atomic mass is 16.4. The van der Waals surface area contributed by atoms with E-state index in [1.54, 1.807) is 23.1 Å². The number of hydrogen-bond acceptors (Lipinski definition) is 5. The Morgan fingerprint density at radius 2 is 2.21 bits per heavy atom. The van der Waals surface area contributed by atoms with E-state index >= 15 is 0 Å². The van der Waals surface area contributed by atoms with Crippen LogP contribution in [0.1, 0.15) is 10.5 Å². The maximum atomic E-state index is 11.5. The van der Waals surface area contributed by atoms with Gasteiger partial charge in [0.25, 0.3) is 0 Å². The first-order valence-electron chi connectivity index (χ1n) is 5.52. The summed E-state index contributed by atoms with van der Waals surface area (Å²) in [5.41, 5.74) is -0.190. The molecule has 100 valence electrons. The van der Waals surface area contributed by atoms with Crippen molar-refractivity contribution in [1.82, 2.24) is 30.1 Å². The van der Waals surface area contributed by atoms with Crippen molar-refractivity contribution in [1.29, 1.82) is 0 Å². The number of nitrogens with one attached hydrogen (secondary N) is 1. The molecular weight excluding hydrogens is 252 g/mol. The molecule has 0 radical (unpaired) electrons. The van der Waals surface area contributed by atoms with Crippen molar-refractivity contribution in [2.24, 2.45) is 0 Å². The summed E-state index contributed by atoms with van der Waals surface area (Å²) < 4.78 is 2.87. The fraction of sp³-hybridized carbons (Fsp3) is 0.300. The van der Waals surface area contributed by atoms with Gasteiger partial charge in [0.15, 0.2) is 5.69 Å². The molecule has 0 saturated heterocycles. The Morgan fingerprint density at radius 1 is 1.37 bits per heavy atom. The van der Waals surface area contributed by atoms with E-state index in [9.17, 15) is 9.59 Å². The van der Waals surface area contributed by atoms with E-state index in [-0.39, 0.29) is 18.1 Å². The molecule has 0 unspecified atom stereocenters. The van der Waals surface area contributed by atoms with Crippen LogP contribution in [-0.4, -0.2) is 48.3 Å². The van der Waals surface area contributed by atoms with Crippen LogP contribution in [-0.2, 0) is 17.9 Å². The van der Waals surface area contributed by atoms with Crippen LogP contribution in [0.4, 0.5) is 0 Å². The van der Waals surface area contributed by atoms with Crippen molar-refractivity contribution in [2.45, 2.75) is 13.1 Å². The minimum Gasteiger partial charge on any atom is -0.476 e. The van der Waals surface area contributed by atoms with Gasteiger partial charge in [-0.25, -0.2) is 9.48 Å². The largest absolute Gasteiger partial charge is 0.476 e. The molecule has 0 spiro atoms. The highest BCUT2D eigenvalue weighted by Gasteiger charge is 2.10. The van der Waals surface area contributed by atoms with Crippen molar-refractivity contribution in [2.75, 3.05) is 6.54 Å². The summed E-state index contributed by atoms with van der Waals surface area (Å²) in [6.45, 7) is 0.927. The molecule has 2 aromatic rings. The Balaban J connectivity index is 1.75. The quantitative estimate of drug-likeness (QED) is 0.690. The third-order valence-corrected chi connectivity index (χ3v) is 2.29. The van der Waals surface area contributed by atoms with Gasteiger partial charge in [-0.05, 0) is 6.07 Å². The van der Waals surface area contributed by atoms with Gasteiger partial charge in [-0.3, -0.25) is 9.48 Å². The molecule has 2 rings (SSSR count). The number of aromatic carboxylic acids is 1. The van der Waals surface area contributed by atoms with E-state index in [0.717, 1.165) is 0 Å². The van der Waals surface area contributed by atoms with E-state index in [4.69, 9.17) is 5.11 Å². The number of carboxylic acid groups (broad SMARTS) is 1. The summed E-state index contributed by atoms with van der Waals surface area (Å²) in [5, 5.41) is 22.3. The van der Waals surface area contributed by atoms with Crippen LogP contribution < -0.4 is 5.32 Å². The first-order valence-corrected chi connectivity index (χ1v) is 5.52. The minimum absolute atomic E-state index is 0.0701. The maximum absolute atomic E-state index is 11.5. The summed E-state index contributed by atoms with van der Waals surface area (Å²) in [5.74, 6) is -1.45. The van der Waals surface area contributed by atoms with Crippen LogP contribution >= 0.6 is 0 Å². The van der Waals surface area contributed by atoms with Gasteiger partial charge in [-0.1, -0.05) is 5.21 Å². The smallest absolute Gasteiger partial charge is 0.358 e. The highest BCUT2D eigenvalue weighted by Crippen LogP contribution is 1.92.